The number of hydrogen-bond donors (Lipinski definition) is 4. The number of methoxy groups -OCH3 is 1. The lowest BCUT2D eigenvalue weighted by Gasteiger charge is -2.19. The van der Waals surface area contributed by atoms with Crippen molar-refractivity contribution in [2.24, 2.45) is 5.73 Å². The number of aryl methyl sites for hydroxylation is 1. The van der Waals surface area contributed by atoms with E-state index in [2.05, 4.69) is 16.0 Å². The predicted octanol–water partition coefficient (Wildman–Crippen LogP) is 2.35. The highest BCUT2D eigenvalue weighted by Gasteiger charge is 2.20. The molecule has 5 N–H and O–H groups in total. The fourth-order valence-corrected chi connectivity index (χ4v) is 3.03. The van der Waals surface area contributed by atoms with Crippen molar-refractivity contribution >= 4 is 17.5 Å². The van der Waals surface area contributed by atoms with Crippen LogP contribution in [0, 0.1) is 6.92 Å². The average molecular weight is 413 g/mol. The largest absolute Gasteiger partial charge is 0.496 e. The van der Waals surface area contributed by atoms with Crippen LogP contribution in [0.25, 0.3) is 0 Å². The maximum Gasteiger partial charge on any atom is 0.246 e. The highest BCUT2D eigenvalue weighted by Crippen LogP contribution is 2.16. The second kappa shape index (κ2) is 12.6. The molecule has 1 atom stereocenters. The molecule has 0 heterocycles. The van der Waals surface area contributed by atoms with Crippen LogP contribution in [0.3, 0.4) is 0 Å². The summed E-state index contributed by atoms with van der Waals surface area (Å²) in [5.74, 6) is 0.304. The van der Waals surface area contributed by atoms with Crippen LogP contribution in [0.5, 0.6) is 5.75 Å². The Balaban J connectivity index is 1.89. The van der Waals surface area contributed by atoms with E-state index in [1.165, 1.54) is 0 Å². The number of unbranched alkanes of at least 4 members (excludes halogenated alkanes) is 1. The number of nitrogens with one attached hydrogen (secondary N) is 3. The lowest BCUT2D eigenvalue weighted by molar-refractivity contribution is -0.126. The Morgan fingerprint density at radius 2 is 1.80 bits per heavy atom. The van der Waals surface area contributed by atoms with Gasteiger partial charge in [-0.15, -0.1) is 0 Å². The molecule has 2 rings (SSSR count). The van der Waals surface area contributed by atoms with Crippen LogP contribution >= 0.6 is 0 Å². The number of anilines is 1. The molecule has 0 fully saturated rings. The van der Waals surface area contributed by atoms with Crippen LogP contribution in [-0.2, 0) is 16.1 Å². The molecule has 0 aliphatic carbocycles. The SMILES string of the molecule is COc1ccccc1CNCC(=O)N[C@@H](CCCCN)C(=O)Nc1ccc(C)cc1. The van der Waals surface area contributed by atoms with Gasteiger partial charge in [-0.25, -0.2) is 0 Å². The summed E-state index contributed by atoms with van der Waals surface area (Å²) < 4.78 is 5.31. The van der Waals surface area contributed by atoms with Crippen LogP contribution < -0.4 is 26.4 Å². The van der Waals surface area contributed by atoms with Gasteiger partial charge in [-0.05, 0) is 50.9 Å². The molecule has 2 aromatic rings. The molecular weight excluding hydrogens is 380 g/mol. The minimum absolute atomic E-state index is 0.100. The van der Waals surface area contributed by atoms with Crippen molar-refractivity contribution in [3.05, 3.63) is 59.7 Å². The number of carbonyl (C=O) groups is 2. The molecule has 0 spiro atoms. The van der Waals surface area contributed by atoms with E-state index in [0.717, 1.165) is 29.7 Å². The van der Waals surface area contributed by atoms with E-state index in [-0.39, 0.29) is 18.4 Å². The second-order valence-electron chi connectivity index (χ2n) is 7.18. The number of carbonyl (C=O) groups excluding carboxylic acids is 2. The third-order valence-corrected chi connectivity index (χ3v) is 4.71. The Morgan fingerprint density at radius 1 is 1.07 bits per heavy atom. The van der Waals surface area contributed by atoms with Gasteiger partial charge in [0.25, 0.3) is 0 Å². The fraction of sp³-hybridized carbons (Fsp3) is 0.391. The molecule has 0 aliphatic heterocycles. The Morgan fingerprint density at radius 3 is 2.50 bits per heavy atom. The van der Waals surface area contributed by atoms with Crippen molar-refractivity contribution in [1.29, 1.82) is 0 Å². The molecule has 162 valence electrons. The maximum atomic E-state index is 12.7. The van der Waals surface area contributed by atoms with Crippen molar-refractivity contribution in [3.8, 4) is 5.75 Å². The van der Waals surface area contributed by atoms with E-state index in [0.29, 0.717) is 25.2 Å². The number of para-hydroxylation sites is 1. The summed E-state index contributed by atoms with van der Waals surface area (Å²) >= 11 is 0. The minimum atomic E-state index is -0.613. The Kier molecular flexibility index (Phi) is 9.83. The van der Waals surface area contributed by atoms with Crippen LogP contribution in [0.15, 0.2) is 48.5 Å². The Hall–Kier alpha value is -2.90. The Labute approximate surface area is 178 Å². The van der Waals surface area contributed by atoms with E-state index in [9.17, 15) is 9.59 Å². The number of benzene rings is 2. The predicted molar refractivity (Wildman–Crippen MR) is 119 cm³/mol. The van der Waals surface area contributed by atoms with Gasteiger partial charge in [-0.3, -0.25) is 9.59 Å². The van der Waals surface area contributed by atoms with Gasteiger partial charge in [-0.2, -0.15) is 0 Å². The third-order valence-electron chi connectivity index (χ3n) is 4.71. The first-order valence-corrected chi connectivity index (χ1v) is 10.2. The van der Waals surface area contributed by atoms with Gasteiger partial charge < -0.3 is 26.4 Å². The monoisotopic (exact) mass is 412 g/mol. The molecule has 0 radical (unpaired) electrons. The number of rotatable bonds is 12. The highest BCUT2D eigenvalue weighted by atomic mass is 16.5. The van der Waals surface area contributed by atoms with Crippen molar-refractivity contribution in [3.63, 3.8) is 0 Å². The molecule has 7 nitrogen and oxygen atoms in total. The van der Waals surface area contributed by atoms with Gasteiger partial charge in [0.2, 0.25) is 11.8 Å². The zero-order valence-electron chi connectivity index (χ0n) is 17.7. The second-order valence-corrected chi connectivity index (χ2v) is 7.18. The summed E-state index contributed by atoms with van der Waals surface area (Å²) in [5, 5.41) is 8.81. The number of hydrogen-bond acceptors (Lipinski definition) is 5. The van der Waals surface area contributed by atoms with Gasteiger partial charge in [0, 0.05) is 17.8 Å². The zero-order chi connectivity index (χ0) is 21.8. The molecule has 30 heavy (non-hydrogen) atoms. The molecule has 0 bridgehead atoms. The summed E-state index contributed by atoms with van der Waals surface area (Å²) in [6.45, 7) is 3.13. The molecule has 2 aromatic carbocycles. The zero-order valence-corrected chi connectivity index (χ0v) is 17.7. The van der Waals surface area contributed by atoms with Crippen molar-refractivity contribution in [2.45, 2.75) is 38.8 Å². The normalized spacial score (nSPS) is 11.6. The fourth-order valence-electron chi connectivity index (χ4n) is 3.03. The molecule has 0 aromatic heterocycles. The van der Waals surface area contributed by atoms with Crippen LogP contribution in [-0.4, -0.2) is 38.1 Å². The summed E-state index contributed by atoms with van der Waals surface area (Å²) in [6, 6.07) is 14.6. The molecule has 2 amide bonds. The maximum absolute atomic E-state index is 12.7. The quantitative estimate of drug-likeness (QED) is 0.401. The summed E-state index contributed by atoms with van der Waals surface area (Å²) in [5.41, 5.74) is 8.35. The highest BCUT2D eigenvalue weighted by molar-refractivity contribution is 5.97. The number of nitrogens with two attached hydrogens (primary N) is 1. The van der Waals surface area contributed by atoms with E-state index >= 15 is 0 Å². The number of ether oxygens (including phenoxy) is 1. The standard InChI is InChI=1S/C23H32N4O3/c1-17-10-12-19(13-11-17)26-23(29)20(8-5-6-14-24)27-22(28)16-25-15-18-7-3-4-9-21(18)30-2/h3-4,7,9-13,20,25H,5-6,8,14-16,24H2,1-2H3,(H,26,29)(H,27,28)/t20-/m0/s1. The number of amides is 2. The third kappa shape index (κ3) is 7.85. The van der Waals surface area contributed by atoms with Gasteiger partial charge in [0.05, 0.1) is 13.7 Å². The van der Waals surface area contributed by atoms with E-state index in [4.69, 9.17) is 10.5 Å². The van der Waals surface area contributed by atoms with Gasteiger partial charge in [-0.1, -0.05) is 35.9 Å². The summed E-state index contributed by atoms with van der Waals surface area (Å²) in [4.78, 5) is 25.1. The van der Waals surface area contributed by atoms with Gasteiger partial charge in [0.15, 0.2) is 0 Å². The van der Waals surface area contributed by atoms with E-state index < -0.39 is 6.04 Å². The lowest BCUT2D eigenvalue weighted by Crippen LogP contribution is -2.46. The topological polar surface area (TPSA) is 105 Å². The van der Waals surface area contributed by atoms with Crippen LogP contribution in [0.2, 0.25) is 0 Å². The first kappa shape index (κ1) is 23.4. The molecular formula is C23H32N4O3. The van der Waals surface area contributed by atoms with Crippen molar-refractivity contribution in [2.75, 3.05) is 25.5 Å². The van der Waals surface area contributed by atoms with Crippen molar-refractivity contribution in [1.82, 2.24) is 10.6 Å². The minimum Gasteiger partial charge on any atom is -0.496 e. The average Bonchev–Trinajstić information content (AvgIpc) is 2.75. The molecule has 0 saturated carbocycles. The molecule has 0 unspecified atom stereocenters. The van der Waals surface area contributed by atoms with Crippen molar-refractivity contribution < 1.29 is 14.3 Å². The van der Waals surface area contributed by atoms with Gasteiger partial charge >= 0.3 is 0 Å². The van der Waals surface area contributed by atoms with E-state index in [1.54, 1.807) is 7.11 Å². The van der Waals surface area contributed by atoms with Crippen LogP contribution in [0.1, 0.15) is 30.4 Å². The Bertz CT molecular complexity index is 808. The van der Waals surface area contributed by atoms with Crippen LogP contribution in [0.4, 0.5) is 5.69 Å². The van der Waals surface area contributed by atoms with E-state index in [1.807, 2.05) is 55.5 Å². The molecule has 0 saturated heterocycles. The summed E-state index contributed by atoms with van der Waals surface area (Å²) in [6.07, 6.45) is 2.10. The summed E-state index contributed by atoms with van der Waals surface area (Å²) in [7, 11) is 1.62. The lowest BCUT2D eigenvalue weighted by atomic mass is 10.1. The van der Waals surface area contributed by atoms with Gasteiger partial charge in [0.1, 0.15) is 11.8 Å². The first-order valence-electron chi connectivity index (χ1n) is 10.2. The molecule has 0 aliphatic rings. The first-order chi connectivity index (χ1) is 14.5. The molecule has 7 heteroatoms. The smallest absolute Gasteiger partial charge is 0.246 e.